The van der Waals surface area contributed by atoms with Crippen molar-refractivity contribution in [3.63, 3.8) is 0 Å². The fourth-order valence-electron chi connectivity index (χ4n) is 3.01. The molecule has 3 rings (SSSR count). The van der Waals surface area contributed by atoms with Crippen LogP contribution in [-0.4, -0.2) is 18.9 Å². The van der Waals surface area contributed by atoms with E-state index in [1.54, 1.807) is 12.1 Å². The van der Waals surface area contributed by atoms with Gasteiger partial charge in [0.25, 0.3) is 5.91 Å². The highest BCUT2D eigenvalue weighted by Crippen LogP contribution is 2.38. The third-order valence-corrected chi connectivity index (χ3v) is 5.23. The maximum atomic E-state index is 12.5. The summed E-state index contributed by atoms with van der Waals surface area (Å²) in [4.78, 5) is 12.5. The van der Waals surface area contributed by atoms with Crippen LogP contribution < -0.4 is 10.5 Å². The van der Waals surface area contributed by atoms with Crippen LogP contribution in [0.15, 0.2) is 35.2 Å². The Morgan fingerprint density at radius 3 is 2.62 bits per heavy atom. The summed E-state index contributed by atoms with van der Waals surface area (Å²) in [5.41, 5.74) is 3.43. The molecule has 1 saturated carbocycles. The van der Waals surface area contributed by atoms with Gasteiger partial charge in [-0.2, -0.15) is 0 Å². The molecule has 1 aliphatic rings. The summed E-state index contributed by atoms with van der Waals surface area (Å²) in [6.45, 7) is 4.22. The Kier molecular flexibility index (Phi) is 4.23. The molecule has 1 aromatic carbocycles. The summed E-state index contributed by atoms with van der Waals surface area (Å²) in [7, 11) is -3.74. The number of nitrogens with zero attached hydrogens (tertiary/aromatic N) is 1. The number of hydrogen-bond acceptors (Lipinski definition) is 3. The molecule has 0 radical (unpaired) electrons. The Morgan fingerprint density at radius 1 is 1.29 bits per heavy atom. The van der Waals surface area contributed by atoms with E-state index in [1.165, 1.54) is 12.1 Å². The van der Waals surface area contributed by atoms with Crippen molar-refractivity contribution < 1.29 is 13.2 Å². The molecule has 24 heavy (non-hydrogen) atoms. The lowest BCUT2D eigenvalue weighted by Crippen LogP contribution is -2.23. The largest absolute Gasteiger partial charge is 0.348 e. The molecular weight excluding hydrogens is 326 g/mol. The van der Waals surface area contributed by atoms with Gasteiger partial charge in [0.1, 0.15) is 0 Å². The second-order valence-corrected chi connectivity index (χ2v) is 7.82. The highest BCUT2D eigenvalue weighted by atomic mass is 32.2. The van der Waals surface area contributed by atoms with Gasteiger partial charge in [0.05, 0.1) is 10.5 Å². The standard InChI is InChI=1S/C17H21N3O3S/c1-11-8-16(12(2)20(11)14-6-7-14)17(21)19-10-13-4-3-5-15(9-13)24(18,22)23/h3-5,8-9,14H,6-7,10H2,1-2H3,(H,19,21)(H2,18,22,23). The minimum absolute atomic E-state index is 0.0427. The number of sulfonamides is 1. The average molecular weight is 347 g/mol. The van der Waals surface area contributed by atoms with E-state index < -0.39 is 10.0 Å². The van der Waals surface area contributed by atoms with Crippen molar-refractivity contribution in [1.29, 1.82) is 0 Å². The van der Waals surface area contributed by atoms with E-state index in [2.05, 4.69) is 9.88 Å². The molecule has 0 atom stereocenters. The van der Waals surface area contributed by atoms with Crippen LogP contribution in [0.2, 0.25) is 0 Å². The van der Waals surface area contributed by atoms with Gasteiger partial charge in [0.15, 0.2) is 0 Å². The number of primary sulfonamides is 1. The topological polar surface area (TPSA) is 94.2 Å². The van der Waals surface area contributed by atoms with Crippen LogP contribution in [-0.2, 0) is 16.6 Å². The molecule has 1 amide bonds. The molecular formula is C17H21N3O3S. The number of amides is 1. The molecule has 0 spiro atoms. The van der Waals surface area contributed by atoms with Gasteiger partial charge in [-0.25, -0.2) is 13.6 Å². The maximum Gasteiger partial charge on any atom is 0.253 e. The molecule has 1 aromatic heterocycles. The van der Waals surface area contributed by atoms with Gasteiger partial charge in [0.2, 0.25) is 10.0 Å². The van der Waals surface area contributed by atoms with E-state index in [1.807, 2.05) is 19.9 Å². The van der Waals surface area contributed by atoms with Crippen molar-refractivity contribution in [1.82, 2.24) is 9.88 Å². The molecule has 128 valence electrons. The summed E-state index contributed by atoms with van der Waals surface area (Å²) in [5, 5.41) is 7.97. The number of carbonyl (C=O) groups excluding carboxylic acids is 1. The number of rotatable bonds is 5. The zero-order chi connectivity index (χ0) is 17.5. The molecule has 1 heterocycles. The number of aromatic nitrogens is 1. The van der Waals surface area contributed by atoms with E-state index in [0.717, 1.165) is 24.2 Å². The SMILES string of the molecule is Cc1cc(C(=O)NCc2cccc(S(N)(=O)=O)c2)c(C)n1C1CC1. The van der Waals surface area contributed by atoms with Crippen molar-refractivity contribution in [2.45, 2.75) is 44.2 Å². The van der Waals surface area contributed by atoms with Crippen LogP contribution in [0.25, 0.3) is 0 Å². The van der Waals surface area contributed by atoms with E-state index in [4.69, 9.17) is 5.14 Å². The lowest BCUT2D eigenvalue weighted by molar-refractivity contribution is 0.0950. The first-order valence-corrected chi connectivity index (χ1v) is 9.40. The quantitative estimate of drug-likeness (QED) is 0.866. The molecule has 1 fully saturated rings. The molecule has 0 aliphatic heterocycles. The summed E-state index contributed by atoms with van der Waals surface area (Å²) in [5.74, 6) is -0.156. The van der Waals surface area contributed by atoms with Crippen LogP contribution in [0.4, 0.5) is 0 Å². The second kappa shape index (κ2) is 6.07. The highest BCUT2D eigenvalue weighted by molar-refractivity contribution is 7.89. The molecule has 6 nitrogen and oxygen atoms in total. The van der Waals surface area contributed by atoms with Crippen LogP contribution >= 0.6 is 0 Å². The molecule has 7 heteroatoms. The van der Waals surface area contributed by atoms with Crippen LogP contribution in [0.3, 0.4) is 0 Å². The Labute approximate surface area is 141 Å². The average Bonchev–Trinajstić information content (AvgIpc) is 3.30. The second-order valence-electron chi connectivity index (χ2n) is 6.26. The summed E-state index contributed by atoms with van der Waals surface area (Å²) in [6.07, 6.45) is 2.33. The van der Waals surface area contributed by atoms with Gasteiger partial charge in [-0.15, -0.1) is 0 Å². The van der Waals surface area contributed by atoms with Crippen molar-refractivity contribution in [2.75, 3.05) is 0 Å². The van der Waals surface area contributed by atoms with Gasteiger partial charge in [-0.1, -0.05) is 12.1 Å². The third-order valence-electron chi connectivity index (χ3n) is 4.32. The third kappa shape index (κ3) is 3.37. The molecule has 3 N–H and O–H groups in total. The lowest BCUT2D eigenvalue weighted by atomic mass is 10.2. The summed E-state index contributed by atoms with van der Waals surface area (Å²) < 4.78 is 25.0. The maximum absolute atomic E-state index is 12.5. The Bertz CT molecular complexity index is 896. The van der Waals surface area contributed by atoms with E-state index in [0.29, 0.717) is 17.2 Å². The normalized spacial score (nSPS) is 14.6. The van der Waals surface area contributed by atoms with Gasteiger partial charge >= 0.3 is 0 Å². The number of aryl methyl sites for hydroxylation is 1. The molecule has 2 aromatic rings. The summed E-state index contributed by atoms with van der Waals surface area (Å²) in [6, 6.07) is 8.71. The van der Waals surface area contributed by atoms with E-state index in [-0.39, 0.29) is 17.3 Å². The molecule has 0 saturated heterocycles. The van der Waals surface area contributed by atoms with Crippen molar-refractivity contribution in [3.05, 3.63) is 52.8 Å². The Balaban J connectivity index is 1.74. The number of hydrogen-bond donors (Lipinski definition) is 2. The minimum atomic E-state index is -3.74. The number of nitrogens with two attached hydrogens (primary N) is 1. The van der Waals surface area contributed by atoms with Crippen LogP contribution in [0, 0.1) is 13.8 Å². The highest BCUT2D eigenvalue weighted by Gasteiger charge is 2.28. The predicted octanol–water partition coefficient (Wildman–Crippen LogP) is 2.02. The van der Waals surface area contributed by atoms with Crippen molar-refractivity contribution >= 4 is 15.9 Å². The predicted molar refractivity (Wildman–Crippen MR) is 91.2 cm³/mol. The number of benzene rings is 1. The van der Waals surface area contributed by atoms with Crippen LogP contribution in [0.1, 0.15) is 46.2 Å². The zero-order valence-corrected chi connectivity index (χ0v) is 14.6. The van der Waals surface area contributed by atoms with E-state index >= 15 is 0 Å². The monoisotopic (exact) mass is 347 g/mol. The lowest BCUT2D eigenvalue weighted by Gasteiger charge is -2.09. The number of carbonyl (C=O) groups is 1. The van der Waals surface area contributed by atoms with Gasteiger partial charge < -0.3 is 9.88 Å². The molecule has 0 bridgehead atoms. The van der Waals surface area contributed by atoms with Crippen molar-refractivity contribution in [2.24, 2.45) is 5.14 Å². The summed E-state index contributed by atoms with van der Waals surface area (Å²) >= 11 is 0. The molecule has 1 aliphatic carbocycles. The Hall–Kier alpha value is -2.12. The first kappa shape index (κ1) is 16.7. The number of nitrogens with one attached hydrogen (secondary N) is 1. The fraction of sp³-hybridized carbons (Fsp3) is 0.353. The van der Waals surface area contributed by atoms with Crippen molar-refractivity contribution in [3.8, 4) is 0 Å². The first-order chi connectivity index (χ1) is 11.3. The van der Waals surface area contributed by atoms with Gasteiger partial charge in [0, 0.05) is 24.0 Å². The smallest absolute Gasteiger partial charge is 0.253 e. The van der Waals surface area contributed by atoms with E-state index in [9.17, 15) is 13.2 Å². The first-order valence-electron chi connectivity index (χ1n) is 7.86. The molecule has 0 unspecified atom stereocenters. The fourth-order valence-corrected chi connectivity index (χ4v) is 3.60. The zero-order valence-electron chi connectivity index (χ0n) is 13.7. The van der Waals surface area contributed by atoms with Gasteiger partial charge in [-0.05, 0) is 50.5 Å². The van der Waals surface area contributed by atoms with Gasteiger partial charge in [-0.3, -0.25) is 4.79 Å². The Morgan fingerprint density at radius 2 is 2.00 bits per heavy atom. The van der Waals surface area contributed by atoms with Crippen LogP contribution in [0.5, 0.6) is 0 Å². The minimum Gasteiger partial charge on any atom is -0.348 e.